The van der Waals surface area contributed by atoms with Crippen LogP contribution in [0.25, 0.3) is 10.2 Å². The SMILES string of the molecule is COc1ccc(CN[C@H](C)c2nc3sc4c(c3c(=O)[nH]2)CC[C@H](C)C4)cc1. The van der Waals surface area contributed by atoms with Gasteiger partial charge in [-0.15, -0.1) is 11.3 Å². The molecule has 2 aromatic heterocycles. The van der Waals surface area contributed by atoms with Crippen molar-refractivity contribution in [2.45, 2.75) is 45.7 Å². The largest absolute Gasteiger partial charge is 0.497 e. The first-order chi connectivity index (χ1) is 13.0. The van der Waals surface area contributed by atoms with Crippen molar-refractivity contribution in [3.63, 3.8) is 0 Å². The van der Waals surface area contributed by atoms with Crippen LogP contribution in [0.5, 0.6) is 5.75 Å². The van der Waals surface area contributed by atoms with Crippen molar-refractivity contribution in [3.05, 3.63) is 56.4 Å². The van der Waals surface area contributed by atoms with Gasteiger partial charge in [-0.2, -0.15) is 0 Å². The van der Waals surface area contributed by atoms with Gasteiger partial charge in [-0.25, -0.2) is 4.98 Å². The average molecular weight is 384 g/mol. The van der Waals surface area contributed by atoms with Gasteiger partial charge in [0, 0.05) is 11.4 Å². The molecule has 2 heterocycles. The molecule has 2 N–H and O–H groups in total. The normalized spacial score (nSPS) is 17.7. The Morgan fingerprint density at radius 1 is 1.37 bits per heavy atom. The summed E-state index contributed by atoms with van der Waals surface area (Å²) in [4.78, 5) is 22.8. The van der Waals surface area contributed by atoms with Crippen LogP contribution in [0.2, 0.25) is 0 Å². The molecular weight excluding hydrogens is 358 g/mol. The molecule has 1 aromatic carbocycles. The maximum absolute atomic E-state index is 12.7. The highest BCUT2D eigenvalue weighted by atomic mass is 32.1. The first kappa shape index (κ1) is 18.2. The van der Waals surface area contributed by atoms with Gasteiger partial charge >= 0.3 is 0 Å². The van der Waals surface area contributed by atoms with E-state index in [0.717, 1.165) is 40.8 Å². The summed E-state index contributed by atoms with van der Waals surface area (Å²) in [6.45, 7) is 5.01. The highest BCUT2D eigenvalue weighted by Crippen LogP contribution is 2.35. The van der Waals surface area contributed by atoms with Crippen LogP contribution in [0.3, 0.4) is 0 Å². The molecule has 0 amide bonds. The third-order valence-electron chi connectivity index (χ3n) is 5.37. The summed E-state index contributed by atoms with van der Waals surface area (Å²) < 4.78 is 5.19. The number of nitrogens with zero attached hydrogens (tertiary/aromatic N) is 1. The number of fused-ring (bicyclic) bond motifs is 3. The van der Waals surface area contributed by atoms with Crippen LogP contribution in [0.1, 0.15) is 48.1 Å². The van der Waals surface area contributed by atoms with Crippen molar-refractivity contribution in [2.24, 2.45) is 5.92 Å². The van der Waals surface area contributed by atoms with Gasteiger partial charge in [0.1, 0.15) is 16.4 Å². The Morgan fingerprint density at radius 2 is 2.15 bits per heavy atom. The Hall–Kier alpha value is -2.18. The Bertz CT molecular complexity index is 1010. The Kier molecular flexibility index (Phi) is 5.02. The zero-order valence-corrected chi connectivity index (χ0v) is 16.8. The fourth-order valence-corrected chi connectivity index (χ4v) is 5.07. The predicted molar refractivity (Wildman–Crippen MR) is 110 cm³/mol. The number of aryl methyl sites for hydroxylation is 1. The molecule has 142 valence electrons. The van der Waals surface area contributed by atoms with Crippen LogP contribution < -0.4 is 15.6 Å². The van der Waals surface area contributed by atoms with Crippen molar-refractivity contribution < 1.29 is 4.74 Å². The minimum absolute atomic E-state index is 0.000139. The fourth-order valence-electron chi connectivity index (χ4n) is 3.68. The minimum Gasteiger partial charge on any atom is -0.497 e. The van der Waals surface area contributed by atoms with E-state index >= 15 is 0 Å². The number of aromatic nitrogens is 2. The van der Waals surface area contributed by atoms with Crippen LogP contribution in [-0.4, -0.2) is 17.1 Å². The van der Waals surface area contributed by atoms with Gasteiger partial charge in [0.2, 0.25) is 0 Å². The van der Waals surface area contributed by atoms with Crippen molar-refractivity contribution in [3.8, 4) is 5.75 Å². The summed E-state index contributed by atoms with van der Waals surface area (Å²) in [5.74, 6) is 2.24. The molecule has 4 rings (SSSR count). The second kappa shape index (κ2) is 7.44. The minimum atomic E-state index is -0.0396. The van der Waals surface area contributed by atoms with Gasteiger partial charge in [-0.05, 0) is 55.4 Å². The summed E-state index contributed by atoms with van der Waals surface area (Å²) in [6, 6.07) is 7.93. The number of H-pyrrole nitrogens is 1. The summed E-state index contributed by atoms with van der Waals surface area (Å²) >= 11 is 1.69. The van der Waals surface area contributed by atoms with Crippen molar-refractivity contribution in [1.82, 2.24) is 15.3 Å². The number of hydrogen-bond donors (Lipinski definition) is 2. The van der Waals surface area contributed by atoms with Crippen LogP contribution >= 0.6 is 11.3 Å². The topological polar surface area (TPSA) is 67.0 Å². The quantitative estimate of drug-likeness (QED) is 0.700. The van der Waals surface area contributed by atoms with Crippen molar-refractivity contribution >= 4 is 21.6 Å². The zero-order chi connectivity index (χ0) is 19.0. The lowest BCUT2D eigenvalue weighted by Gasteiger charge is -2.17. The first-order valence-corrected chi connectivity index (χ1v) is 10.3. The highest BCUT2D eigenvalue weighted by molar-refractivity contribution is 7.18. The maximum atomic E-state index is 12.7. The first-order valence-electron chi connectivity index (χ1n) is 9.46. The lowest BCUT2D eigenvalue weighted by molar-refractivity contribution is 0.414. The summed E-state index contributed by atoms with van der Waals surface area (Å²) in [7, 11) is 1.66. The average Bonchev–Trinajstić information content (AvgIpc) is 3.04. The highest BCUT2D eigenvalue weighted by Gasteiger charge is 2.23. The van der Waals surface area contributed by atoms with E-state index in [1.54, 1.807) is 18.4 Å². The molecule has 1 aliphatic carbocycles. The number of hydrogen-bond acceptors (Lipinski definition) is 5. The number of benzene rings is 1. The van der Waals surface area contributed by atoms with E-state index in [1.807, 2.05) is 31.2 Å². The van der Waals surface area contributed by atoms with E-state index in [4.69, 9.17) is 9.72 Å². The van der Waals surface area contributed by atoms with Crippen molar-refractivity contribution in [2.75, 3.05) is 7.11 Å². The molecule has 6 heteroatoms. The number of nitrogens with one attached hydrogen (secondary N) is 2. The van der Waals surface area contributed by atoms with Gasteiger partial charge in [-0.3, -0.25) is 4.79 Å². The summed E-state index contributed by atoms with van der Waals surface area (Å²) in [5.41, 5.74) is 2.39. The number of aromatic amines is 1. The summed E-state index contributed by atoms with van der Waals surface area (Å²) in [6.07, 6.45) is 3.21. The van der Waals surface area contributed by atoms with E-state index in [9.17, 15) is 4.79 Å². The predicted octanol–water partition coefficient (Wildman–Crippen LogP) is 3.97. The van der Waals surface area contributed by atoms with Gasteiger partial charge in [-0.1, -0.05) is 19.1 Å². The molecule has 0 radical (unpaired) electrons. The maximum Gasteiger partial charge on any atom is 0.259 e. The lowest BCUT2D eigenvalue weighted by Crippen LogP contribution is -2.23. The molecule has 0 fully saturated rings. The van der Waals surface area contributed by atoms with E-state index in [-0.39, 0.29) is 11.6 Å². The van der Waals surface area contributed by atoms with E-state index in [1.165, 1.54) is 10.4 Å². The molecule has 0 unspecified atom stereocenters. The Labute approximate surface area is 162 Å². The summed E-state index contributed by atoms with van der Waals surface area (Å²) in [5, 5.41) is 4.26. The number of rotatable bonds is 5. The molecule has 3 aromatic rings. The number of thiophene rings is 1. The zero-order valence-electron chi connectivity index (χ0n) is 16.0. The lowest BCUT2D eigenvalue weighted by atomic mass is 9.89. The Morgan fingerprint density at radius 3 is 2.89 bits per heavy atom. The van der Waals surface area contributed by atoms with Gasteiger partial charge in [0.05, 0.1) is 18.5 Å². The Balaban J connectivity index is 1.55. The smallest absolute Gasteiger partial charge is 0.259 e. The van der Waals surface area contributed by atoms with Gasteiger partial charge in [0.15, 0.2) is 0 Å². The molecule has 0 spiro atoms. The van der Waals surface area contributed by atoms with E-state index in [0.29, 0.717) is 18.3 Å². The van der Waals surface area contributed by atoms with Gasteiger partial charge in [0.25, 0.3) is 5.56 Å². The molecule has 0 aliphatic heterocycles. The monoisotopic (exact) mass is 383 g/mol. The van der Waals surface area contributed by atoms with Crippen LogP contribution in [0, 0.1) is 5.92 Å². The molecule has 5 nitrogen and oxygen atoms in total. The van der Waals surface area contributed by atoms with E-state index in [2.05, 4.69) is 17.2 Å². The van der Waals surface area contributed by atoms with Crippen LogP contribution in [0.4, 0.5) is 0 Å². The van der Waals surface area contributed by atoms with E-state index < -0.39 is 0 Å². The number of ether oxygens (including phenoxy) is 1. The molecule has 0 saturated heterocycles. The number of methoxy groups -OCH3 is 1. The molecule has 2 atom stereocenters. The molecule has 0 saturated carbocycles. The molecule has 0 bridgehead atoms. The van der Waals surface area contributed by atoms with Crippen LogP contribution in [-0.2, 0) is 19.4 Å². The second-order valence-electron chi connectivity index (χ2n) is 7.43. The molecule has 27 heavy (non-hydrogen) atoms. The van der Waals surface area contributed by atoms with Crippen LogP contribution in [0.15, 0.2) is 29.1 Å². The van der Waals surface area contributed by atoms with Crippen molar-refractivity contribution in [1.29, 1.82) is 0 Å². The fraction of sp³-hybridized carbons (Fsp3) is 0.429. The second-order valence-corrected chi connectivity index (χ2v) is 8.52. The standard InChI is InChI=1S/C21H25N3O2S/c1-12-4-9-16-17(10-12)27-21-18(16)20(25)23-19(24-21)13(2)22-11-14-5-7-15(26-3)8-6-14/h5-8,12-13,22H,4,9-11H2,1-3H3,(H,23,24,25)/t12-,13+/m0/s1. The molecule has 1 aliphatic rings. The third-order valence-corrected chi connectivity index (χ3v) is 6.51. The molecular formula is C21H25N3O2S. The van der Waals surface area contributed by atoms with Gasteiger partial charge < -0.3 is 15.0 Å². The third kappa shape index (κ3) is 3.64.